The Labute approximate surface area is 202 Å². The molecule has 1 fully saturated rings. The number of amides is 2. The fourth-order valence-electron chi connectivity index (χ4n) is 4.45. The molecule has 1 aliphatic heterocycles. The van der Waals surface area contributed by atoms with E-state index in [0.717, 1.165) is 17.7 Å². The second-order valence-corrected chi connectivity index (χ2v) is 9.69. The molecule has 0 bridgehead atoms. The summed E-state index contributed by atoms with van der Waals surface area (Å²) in [6.45, 7) is 7.48. The van der Waals surface area contributed by atoms with Gasteiger partial charge in [0.25, 0.3) is 0 Å². The Morgan fingerprint density at radius 2 is 1.81 bits per heavy atom. The summed E-state index contributed by atoms with van der Waals surface area (Å²) in [5.41, 5.74) is 2.17. The van der Waals surface area contributed by atoms with E-state index in [1.165, 1.54) is 0 Å². The first kappa shape index (κ1) is 24.6. The molecule has 1 aromatic carbocycles. The fraction of sp³-hybridized carbons (Fsp3) is 0.522. The lowest BCUT2D eigenvalue weighted by molar-refractivity contribution is 0.0517. The summed E-state index contributed by atoms with van der Waals surface area (Å²) in [6, 6.07) is 7.81. The summed E-state index contributed by atoms with van der Waals surface area (Å²) < 4.78 is 7.99. The van der Waals surface area contributed by atoms with Gasteiger partial charge in [-0.05, 0) is 66.7 Å². The molecule has 1 saturated heterocycles. The summed E-state index contributed by atoms with van der Waals surface area (Å²) in [7, 11) is 3.64. The number of esters is 1. The summed E-state index contributed by atoms with van der Waals surface area (Å²) in [6.07, 6.45) is 0.737. The Bertz CT molecular complexity index is 962. The van der Waals surface area contributed by atoms with Gasteiger partial charge in [0.05, 0.1) is 12.3 Å². The largest absolute Gasteiger partial charge is 0.461 e. The van der Waals surface area contributed by atoms with E-state index in [1.54, 1.807) is 16.7 Å². The zero-order valence-electron chi connectivity index (χ0n) is 19.1. The molecule has 1 atom stereocenters. The summed E-state index contributed by atoms with van der Waals surface area (Å²) in [5.74, 6) is -0.352. The number of aromatic nitrogens is 2. The Kier molecular flexibility index (Phi) is 7.88. The molecule has 0 N–H and O–H groups in total. The summed E-state index contributed by atoms with van der Waals surface area (Å²) in [5, 5.41) is 0.652. The quantitative estimate of drug-likeness (QED) is 0.467. The number of benzene rings is 1. The van der Waals surface area contributed by atoms with Crippen molar-refractivity contribution in [1.82, 2.24) is 19.4 Å². The van der Waals surface area contributed by atoms with Gasteiger partial charge < -0.3 is 19.1 Å². The zero-order valence-corrected chi connectivity index (χ0v) is 21.5. The zero-order chi connectivity index (χ0) is 23.6. The van der Waals surface area contributed by atoms with Crippen LogP contribution in [0.2, 0.25) is 5.02 Å². The smallest absolute Gasteiger partial charge is 0.358 e. The van der Waals surface area contributed by atoms with Crippen LogP contribution >= 0.6 is 27.5 Å². The molecule has 1 unspecified atom stereocenters. The van der Waals surface area contributed by atoms with E-state index >= 15 is 0 Å². The van der Waals surface area contributed by atoms with Crippen molar-refractivity contribution < 1.29 is 14.3 Å². The Hall–Kier alpha value is -2.06. The second kappa shape index (κ2) is 10.3. The molecule has 0 spiro atoms. The number of halogens is 2. The number of urea groups is 1. The van der Waals surface area contributed by atoms with E-state index in [0.29, 0.717) is 28.5 Å². The van der Waals surface area contributed by atoms with Gasteiger partial charge in [-0.3, -0.25) is 0 Å². The molecule has 1 aliphatic rings. The van der Waals surface area contributed by atoms with E-state index in [2.05, 4.69) is 34.8 Å². The Morgan fingerprint density at radius 1 is 1.22 bits per heavy atom. The normalized spacial score (nSPS) is 16.1. The van der Waals surface area contributed by atoms with Crippen LogP contribution in [0.3, 0.4) is 0 Å². The molecule has 7 nitrogen and oxygen atoms in total. The summed E-state index contributed by atoms with van der Waals surface area (Å²) in [4.78, 5) is 33.2. The average molecular weight is 526 g/mol. The SMILES string of the molecule is CCOC(=O)c1nc(Br)n(C(C)C)c1C(CC1CN(C)C(=O)N(C)C1)c1ccc(Cl)cc1. The third-order valence-corrected chi connectivity index (χ3v) is 6.59. The van der Waals surface area contributed by atoms with Gasteiger partial charge in [0.1, 0.15) is 0 Å². The second-order valence-electron chi connectivity index (χ2n) is 8.55. The van der Waals surface area contributed by atoms with E-state index in [1.807, 2.05) is 42.9 Å². The Balaban J connectivity index is 2.12. The highest BCUT2D eigenvalue weighted by Crippen LogP contribution is 2.38. The molecule has 2 amide bonds. The molecule has 32 heavy (non-hydrogen) atoms. The maximum absolute atomic E-state index is 12.9. The van der Waals surface area contributed by atoms with E-state index in [9.17, 15) is 9.59 Å². The first-order valence-electron chi connectivity index (χ1n) is 10.8. The highest BCUT2D eigenvalue weighted by molar-refractivity contribution is 9.10. The van der Waals surface area contributed by atoms with Crippen molar-refractivity contribution in [2.75, 3.05) is 33.8 Å². The highest BCUT2D eigenvalue weighted by Gasteiger charge is 2.35. The van der Waals surface area contributed by atoms with Crippen molar-refractivity contribution in [3.63, 3.8) is 0 Å². The van der Waals surface area contributed by atoms with Crippen LogP contribution in [0.4, 0.5) is 4.79 Å². The predicted molar refractivity (Wildman–Crippen MR) is 128 cm³/mol. The molecule has 2 heterocycles. The number of ether oxygens (including phenoxy) is 1. The highest BCUT2D eigenvalue weighted by atomic mass is 79.9. The van der Waals surface area contributed by atoms with Crippen LogP contribution in [-0.2, 0) is 4.74 Å². The number of carbonyl (C=O) groups excluding carboxylic acids is 2. The van der Waals surface area contributed by atoms with Gasteiger partial charge in [-0.2, -0.15) is 0 Å². The molecule has 0 aliphatic carbocycles. The molecule has 9 heteroatoms. The number of carbonyl (C=O) groups is 2. The topological polar surface area (TPSA) is 67.7 Å². The van der Waals surface area contributed by atoms with Gasteiger partial charge in [-0.25, -0.2) is 14.6 Å². The monoisotopic (exact) mass is 524 g/mol. The van der Waals surface area contributed by atoms with Gasteiger partial charge in [-0.1, -0.05) is 23.7 Å². The molecule has 2 aromatic rings. The minimum atomic E-state index is -0.436. The first-order chi connectivity index (χ1) is 15.1. The predicted octanol–water partition coefficient (Wildman–Crippen LogP) is 5.19. The van der Waals surface area contributed by atoms with Gasteiger partial charge in [0.2, 0.25) is 0 Å². The van der Waals surface area contributed by atoms with Gasteiger partial charge in [0.15, 0.2) is 10.4 Å². The van der Waals surface area contributed by atoms with Crippen molar-refractivity contribution in [3.05, 3.63) is 51.0 Å². The van der Waals surface area contributed by atoms with Crippen molar-refractivity contribution in [3.8, 4) is 0 Å². The maximum atomic E-state index is 12.9. The van der Waals surface area contributed by atoms with Crippen LogP contribution in [0, 0.1) is 5.92 Å². The third-order valence-electron chi connectivity index (χ3n) is 5.78. The van der Waals surface area contributed by atoms with Crippen LogP contribution in [0.5, 0.6) is 0 Å². The summed E-state index contributed by atoms with van der Waals surface area (Å²) >= 11 is 9.72. The van der Waals surface area contributed by atoms with Gasteiger partial charge >= 0.3 is 12.0 Å². The van der Waals surface area contributed by atoms with Crippen LogP contribution in [0.15, 0.2) is 29.0 Å². The number of nitrogens with zero attached hydrogens (tertiary/aromatic N) is 4. The van der Waals surface area contributed by atoms with E-state index in [-0.39, 0.29) is 30.5 Å². The van der Waals surface area contributed by atoms with Crippen LogP contribution in [0.1, 0.15) is 60.9 Å². The van der Waals surface area contributed by atoms with E-state index < -0.39 is 5.97 Å². The third kappa shape index (κ3) is 5.12. The molecule has 0 saturated carbocycles. The fourth-order valence-corrected chi connectivity index (χ4v) is 5.36. The minimum Gasteiger partial charge on any atom is -0.461 e. The molecular formula is C23H30BrClN4O3. The lowest BCUT2D eigenvalue weighted by Crippen LogP contribution is -2.50. The van der Waals surface area contributed by atoms with Crippen LogP contribution < -0.4 is 0 Å². The van der Waals surface area contributed by atoms with Gasteiger partial charge in [-0.15, -0.1) is 0 Å². The molecule has 1 aromatic heterocycles. The van der Waals surface area contributed by atoms with Crippen LogP contribution in [-0.4, -0.2) is 65.1 Å². The number of hydrogen-bond acceptors (Lipinski definition) is 4. The van der Waals surface area contributed by atoms with Crippen molar-refractivity contribution in [2.45, 2.75) is 39.2 Å². The molecule has 3 rings (SSSR count). The standard InChI is InChI=1S/C23H30BrClN4O3/c1-6-32-21(30)19-20(29(14(2)3)22(24)26-19)18(16-7-9-17(25)10-8-16)11-15-12-27(4)23(31)28(5)13-15/h7-10,14-15,18H,6,11-13H2,1-5H3. The maximum Gasteiger partial charge on any atom is 0.358 e. The molecular weight excluding hydrogens is 496 g/mol. The lowest BCUT2D eigenvalue weighted by atomic mass is 9.84. The molecule has 0 radical (unpaired) electrons. The number of rotatable bonds is 7. The number of imidazole rings is 1. The van der Waals surface area contributed by atoms with Gasteiger partial charge in [0, 0.05) is 44.2 Å². The van der Waals surface area contributed by atoms with Crippen molar-refractivity contribution in [2.24, 2.45) is 5.92 Å². The lowest BCUT2D eigenvalue weighted by Gasteiger charge is -2.38. The van der Waals surface area contributed by atoms with Crippen molar-refractivity contribution >= 4 is 39.5 Å². The first-order valence-corrected chi connectivity index (χ1v) is 12.0. The van der Waals surface area contributed by atoms with E-state index in [4.69, 9.17) is 16.3 Å². The average Bonchev–Trinajstić information content (AvgIpc) is 3.08. The van der Waals surface area contributed by atoms with Crippen LogP contribution in [0.25, 0.3) is 0 Å². The van der Waals surface area contributed by atoms with Crippen molar-refractivity contribution in [1.29, 1.82) is 0 Å². The Morgan fingerprint density at radius 3 is 2.34 bits per heavy atom. The molecule has 174 valence electrons. The minimum absolute atomic E-state index is 0.0199. The number of hydrogen-bond donors (Lipinski definition) is 0.